The largest absolute Gasteiger partial charge is 0.396 e. The average Bonchev–Trinajstić information content (AvgIpc) is 2.88. The van der Waals surface area contributed by atoms with E-state index < -0.39 is 5.91 Å². The highest BCUT2D eigenvalue weighted by Gasteiger charge is 2.18. The lowest BCUT2D eigenvalue weighted by Crippen LogP contribution is -2.35. The Morgan fingerprint density at radius 1 is 1.17 bits per heavy atom. The second-order valence-corrected chi connectivity index (χ2v) is 9.29. The number of rotatable bonds is 7. The predicted octanol–water partition coefficient (Wildman–Crippen LogP) is 3.08. The molecule has 8 heteroatoms. The molecule has 7 nitrogen and oxygen atoms in total. The molecule has 0 spiro atoms. The van der Waals surface area contributed by atoms with Gasteiger partial charge in [-0.25, -0.2) is 0 Å². The van der Waals surface area contributed by atoms with Crippen LogP contribution in [0.4, 0.5) is 0 Å². The van der Waals surface area contributed by atoms with Crippen molar-refractivity contribution in [3.8, 4) is 11.8 Å². The summed E-state index contributed by atoms with van der Waals surface area (Å²) in [5, 5.41) is 13.0. The molecule has 0 aliphatic carbocycles. The minimum absolute atomic E-state index is 0.0828. The maximum atomic E-state index is 13.5. The number of morpholine rings is 1. The first-order valence-corrected chi connectivity index (χ1v) is 12.4. The van der Waals surface area contributed by atoms with Crippen molar-refractivity contribution >= 4 is 28.4 Å². The van der Waals surface area contributed by atoms with Crippen molar-refractivity contribution in [2.24, 2.45) is 7.05 Å². The number of unbranched alkanes of at least 4 members (excludes halogenated alkanes) is 1. The molecule has 1 saturated heterocycles. The summed E-state index contributed by atoms with van der Waals surface area (Å²) in [6, 6.07) is 11.1. The molecular weight excluding hydrogens is 478 g/mol. The van der Waals surface area contributed by atoms with Crippen molar-refractivity contribution in [3.05, 3.63) is 80.1 Å². The molecule has 2 aromatic carbocycles. The van der Waals surface area contributed by atoms with Gasteiger partial charge >= 0.3 is 0 Å². The Hall–Kier alpha value is -3.15. The molecule has 0 bridgehead atoms. The molecular formula is C28H30ClN3O4. The number of hydrogen-bond donors (Lipinski definition) is 2. The molecule has 1 fully saturated rings. The lowest BCUT2D eigenvalue weighted by Gasteiger charge is -2.26. The SMILES string of the molecule is Cn1cc(C(=O)NCc2ccc(Cl)cc2)c(=O)c2cc(CN3CCOCC3)cc(C#CCCCO)c21. The maximum absolute atomic E-state index is 13.5. The summed E-state index contributed by atoms with van der Waals surface area (Å²) >= 11 is 5.94. The van der Waals surface area contributed by atoms with Gasteiger partial charge in [-0.2, -0.15) is 0 Å². The summed E-state index contributed by atoms with van der Waals surface area (Å²) in [5.74, 6) is 5.87. The van der Waals surface area contributed by atoms with Gasteiger partial charge in [0.15, 0.2) is 0 Å². The van der Waals surface area contributed by atoms with E-state index in [0.29, 0.717) is 48.5 Å². The Morgan fingerprint density at radius 3 is 2.64 bits per heavy atom. The normalized spacial score (nSPS) is 13.9. The van der Waals surface area contributed by atoms with Crippen LogP contribution in [0.5, 0.6) is 0 Å². The van der Waals surface area contributed by atoms with Gasteiger partial charge in [0.05, 0.1) is 18.7 Å². The number of hydrogen-bond acceptors (Lipinski definition) is 5. The highest BCUT2D eigenvalue weighted by Crippen LogP contribution is 2.21. The summed E-state index contributed by atoms with van der Waals surface area (Å²) in [6.45, 7) is 4.04. The smallest absolute Gasteiger partial charge is 0.257 e. The number of ether oxygens (including phenoxy) is 1. The molecule has 1 amide bonds. The van der Waals surface area contributed by atoms with Crippen LogP contribution >= 0.6 is 11.6 Å². The first-order chi connectivity index (χ1) is 17.5. The summed E-state index contributed by atoms with van der Waals surface area (Å²) in [6.07, 6.45) is 2.72. The summed E-state index contributed by atoms with van der Waals surface area (Å²) in [4.78, 5) is 28.8. The van der Waals surface area contributed by atoms with Gasteiger partial charge in [0, 0.05) is 68.4 Å². The first-order valence-electron chi connectivity index (χ1n) is 12.0. The number of carbonyl (C=O) groups is 1. The van der Waals surface area contributed by atoms with E-state index in [1.54, 1.807) is 22.9 Å². The van der Waals surface area contributed by atoms with E-state index in [4.69, 9.17) is 21.4 Å². The number of amides is 1. The summed E-state index contributed by atoms with van der Waals surface area (Å²) < 4.78 is 7.25. The monoisotopic (exact) mass is 507 g/mol. The third kappa shape index (κ3) is 6.34. The van der Waals surface area contributed by atoms with Gasteiger partial charge in [0.2, 0.25) is 5.43 Å². The van der Waals surface area contributed by atoms with E-state index in [1.807, 2.05) is 31.3 Å². The van der Waals surface area contributed by atoms with Crippen LogP contribution < -0.4 is 10.7 Å². The van der Waals surface area contributed by atoms with Gasteiger partial charge in [-0.3, -0.25) is 14.5 Å². The first kappa shape index (κ1) is 25.9. The second kappa shape index (κ2) is 12.2. The number of aliphatic hydroxyl groups excluding tert-OH is 1. The number of nitrogens with zero attached hydrogens (tertiary/aromatic N) is 2. The number of nitrogens with one attached hydrogen (secondary N) is 1. The molecule has 0 saturated carbocycles. The molecule has 1 aliphatic rings. The molecule has 1 aliphatic heterocycles. The zero-order valence-electron chi connectivity index (χ0n) is 20.3. The molecule has 2 heterocycles. The van der Waals surface area contributed by atoms with Gasteiger partial charge < -0.3 is 19.7 Å². The molecule has 0 unspecified atom stereocenters. The van der Waals surface area contributed by atoms with Crippen molar-refractivity contribution in [1.82, 2.24) is 14.8 Å². The third-order valence-corrected chi connectivity index (χ3v) is 6.39. The summed E-state index contributed by atoms with van der Waals surface area (Å²) in [7, 11) is 1.82. The number of aliphatic hydroxyl groups is 1. The van der Waals surface area contributed by atoms with Crippen molar-refractivity contribution in [1.29, 1.82) is 0 Å². The zero-order valence-corrected chi connectivity index (χ0v) is 21.1. The standard InChI is InChI=1S/C28H30ClN3O4/c1-31-19-25(28(35)30-17-20-6-8-23(29)9-7-20)27(34)24-16-21(18-32-10-13-36-14-11-32)15-22(26(24)31)5-3-2-4-12-33/h6-9,15-16,19,33H,2,4,10-14,17-18H2,1H3,(H,30,35). The van der Waals surface area contributed by atoms with Crippen molar-refractivity contribution in [2.75, 3.05) is 32.9 Å². The van der Waals surface area contributed by atoms with E-state index in [9.17, 15) is 9.59 Å². The zero-order chi connectivity index (χ0) is 25.5. The number of benzene rings is 2. The molecule has 0 atom stereocenters. The van der Waals surface area contributed by atoms with Crippen molar-refractivity contribution < 1.29 is 14.6 Å². The Labute approximate surface area is 215 Å². The lowest BCUT2D eigenvalue weighted by molar-refractivity contribution is 0.0342. The highest BCUT2D eigenvalue weighted by atomic mass is 35.5. The van der Waals surface area contributed by atoms with Gasteiger partial charge in [-0.1, -0.05) is 35.6 Å². The van der Waals surface area contributed by atoms with E-state index in [0.717, 1.165) is 29.8 Å². The van der Waals surface area contributed by atoms with Crippen molar-refractivity contribution in [2.45, 2.75) is 25.9 Å². The molecule has 36 heavy (non-hydrogen) atoms. The number of fused-ring (bicyclic) bond motifs is 1. The fraction of sp³-hybridized carbons (Fsp3) is 0.357. The van der Waals surface area contributed by atoms with Gasteiger partial charge in [0.1, 0.15) is 5.56 Å². The van der Waals surface area contributed by atoms with Crippen molar-refractivity contribution in [3.63, 3.8) is 0 Å². The fourth-order valence-corrected chi connectivity index (χ4v) is 4.41. The number of pyridine rings is 1. The van der Waals surface area contributed by atoms with Crippen LogP contribution in [0.15, 0.2) is 47.4 Å². The summed E-state index contributed by atoms with van der Waals surface area (Å²) in [5.41, 5.74) is 3.05. The molecule has 1 aromatic heterocycles. The van der Waals surface area contributed by atoms with Crippen LogP contribution in [0, 0.1) is 11.8 Å². The lowest BCUT2D eigenvalue weighted by atomic mass is 10.0. The van der Waals surface area contributed by atoms with E-state index in [2.05, 4.69) is 22.1 Å². The molecule has 4 rings (SSSR count). The topological polar surface area (TPSA) is 83.8 Å². The van der Waals surface area contributed by atoms with E-state index >= 15 is 0 Å². The molecule has 3 aromatic rings. The predicted molar refractivity (Wildman–Crippen MR) is 141 cm³/mol. The van der Waals surface area contributed by atoms with Gasteiger partial charge in [0.25, 0.3) is 5.91 Å². The second-order valence-electron chi connectivity index (χ2n) is 8.85. The number of aromatic nitrogens is 1. The Morgan fingerprint density at radius 2 is 1.92 bits per heavy atom. The molecule has 0 radical (unpaired) electrons. The minimum Gasteiger partial charge on any atom is -0.396 e. The number of halogens is 1. The highest BCUT2D eigenvalue weighted by molar-refractivity contribution is 6.30. The average molecular weight is 508 g/mol. The minimum atomic E-state index is -0.429. The van der Waals surface area contributed by atoms with Crippen LogP contribution in [0.1, 0.15) is 39.9 Å². The van der Waals surface area contributed by atoms with Crippen LogP contribution in [0.2, 0.25) is 5.02 Å². The van der Waals surface area contributed by atoms with E-state index in [-0.39, 0.29) is 24.1 Å². The van der Waals surface area contributed by atoms with Crippen LogP contribution in [0.25, 0.3) is 10.9 Å². The third-order valence-electron chi connectivity index (χ3n) is 6.14. The molecule has 188 valence electrons. The maximum Gasteiger partial charge on any atom is 0.257 e. The Kier molecular flexibility index (Phi) is 8.79. The van der Waals surface area contributed by atoms with Gasteiger partial charge in [-0.15, -0.1) is 0 Å². The molecule has 2 N–H and O–H groups in total. The van der Waals surface area contributed by atoms with Gasteiger partial charge in [-0.05, 0) is 41.8 Å². The number of carbonyl (C=O) groups excluding carboxylic acids is 1. The number of aryl methyl sites for hydroxylation is 1. The van der Waals surface area contributed by atoms with Crippen LogP contribution in [-0.2, 0) is 24.9 Å². The Bertz CT molecular complexity index is 1350. The fourth-order valence-electron chi connectivity index (χ4n) is 4.28. The van der Waals surface area contributed by atoms with E-state index in [1.165, 1.54) is 0 Å². The Balaban J connectivity index is 1.70. The quantitative estimate of drug-likeness (QED) is 0.379. The van der Waals surface area contributed by atoms with Crippen LogP contribution in [-0.4, -0.2) is 53.4 Å². The van der Waals surface area contributed by atoms with Crippen LogP contribution in [0.3, 0.4) is 0 Å².